The van der Waals surface area contributed by atoms with Gasteiger partial charge in [0.25, 0.3) is 0 Å². The summed E-state index contributed by atoms with van der Waals surface area (Å²) in [7, 11) is 0. The van der Waals surface area contributed by atoms with Gasteiger partial charge in [-0.1, -0.05) is 32.9 Å². The van der Waals surface area contributed by atoms with E-state index in [0.717, 1.165) is 76.6 Å². The van der Waals surface area contributed by atoms with Gasteiger partial charge >= 0.3 is 0 Å². The van der Waals surface area contributed by atoms with E-state index >= 15 is 0 Å². The second-order valence-corrected chi connectivity index (χ2v) is 10.9. The minimum atomic E-state index is -0.331. The number of piperazine rings is 1. The number of nitrogen functional groups attached to an aromatic ring is 1. The maximum atomic E-state index is 13.9. The van der Waals surface area contributed by atoms with Crippen molar-refractivity contribution in [2.75, 3.05) is 36.8 Å². The lowest BCUT2D eigenvalue weighted by Crippen LogP contribution is -2.52. The minimum absolute atomic E-state index is 0.0872. The zero-order chi connectivity index (χ0) is 23.8. The van der Waals surface area contributed by atoms with Gasteiger partial charge < -0.3 is 15.6 Å². The number of benzene rings is 2. The number of nitrogens with one attached hydrogen (secondary N) is 1. The molecular formula is C29H34N4O. The average Bonchev–Trinajstić information content (AvgIpc) is 3.16. The first kappa shape index (κ1) is 21.5. The van der Waals surface area contributed by atoms with Crippen molar-refractivity contribution in [3.8, 4) is 0 Å². The normalized spacial score (nSPS) is 20.2. The third-order valence-electron chi connectivity index (χ3n) is 8.43. The van der Waals surface area contributed by atoms with Crippen molar-refractivity contribution in [2.24, 2.45) is 0 Å². The van der Waals surface area contributed by atoms with Crippen LogP contribution in [0.2, 0.25) is 0 Å². The highest BCUT2D eigenvalue weighted by atomic mass is 16.1. The summed E-state index contributed by atoms with van der Waals surface area (Å²) in [6.07, 6.45) is 4.08. The molecule has 2 heterocycles. The van der Waals surface area contributed by atoms with Gasteiger partial charge in [-0.2, -0.15) is 0 Å². The van der Waals surface area contributed by atoms with Crippen molar-refractivity contribution in [2.45, 2.75) is 51.5 Å². The highest BCUT2D eigenvalue weighted by molar-refractivity contribution is 6.20. The van der Waals surface area contributed by atoms with Crippen molar-refractivity contribution in [1.29, 1.82) is 0 Å². The van der Waals surface area contributed by atoms with Crippen LogP contribution in [0.4, 0.5) is 11.4 Å². The van der Waals surface area contributed by atoms with E-state index in [1.54, 1.807) is 0 Å². The molecule has 0 amide bonds. The van der Waals surface area contributed by atoms with Crippen LogP contribution >= 0.6 is 0 Å². The summed E-state index contributed by atoms with van der Waals surface area (Å²) in [6, 6.07) is 10.9. The van der Waals surface area contributed by atoms with Gasteiger partial charge in [0.2, 0.25) is 0 Å². The molecule has 6 rings (SSSR count). The van der Waals surface area contributed by atoms with E-state index in [-0.39, 0.29) is 11.2 Å². The Kier molecular flexibility index (Phi) is 4.72. The van der Waals surface area contributed by atoms with Crippen molar-refractivity contribution >= 4 is 33.6 Å². The standard InChI is InChI=1S/C29H34N4O/c1-17(2)21-15-22-23(16-25(21)33-12-10-32(11-13-33)19-6-5-7-19)29(3,4)28-26(27(22)34)20-9-8-18(30)14-24(20)31-28/h8-9,14-16,19,31H,1,5-7,10-13,30H2,2-4H3. The lowest BCUT2D eigenvalue weighted by atomic mass is 9.70. The van der Waals surface area contributed by atoms with Crippen molar-refractivity contribution in [3.05, 3.63) is 64.9 Å². The summed E-state index contributed by atoms with van der Waals surface area (Å²) in [5.41, 5.74) is 14.3. The van der Waals surface area contributed by atoms with Gasteiger partial charge in [0.05, 0.1) is 5.56 Å². The number of fused-ring (bicyclic) bond motifs is 4. The Balaban J connectivity index is 1.45. The largest absolute Gasteiger partial charge is 0.399 e. The number of rotatable bonds is 3. The molecule has 5 heteroatoms. The average molecular weight is 455 g/mol. The van der Waals surface area contributed by atoms with Crippen LogP contribution in [0.1, 0.15) is 72.8 Å². The maximum Gasteiger partial charge on any atom is 0.195 e. The molecule has 34 heavy (non-hydrogen) atoms. The van der Waals surface area contributed by atoms with Gasteiger partial charge in [-0.3, -0.25) is 9.69 Å². The molecule has 1 aliphatic heterocycles. The van der Waals surface area contributed by atoms with E-state index in [1.165, 1.54) is 24.9 Å². The van der Waals surface area contributed by atoms with E-state index in [9.17, 15) is 4.79 Å². The Bertz CT molecular complexity index is 1340. The Labute approximate surface area is 201 Å². The lowest BCUT2D eigenvalue weighted by molar-refractivity contribution is 0.103. The van der Waals surface area contributed by atoms with Gasteiger partial charge in [0.15, 0.2) is 5.78 Å². The van der Waals surface area contributed by atoms with Crippen LogP contribution in [0.3, 0.4) is 0 Å². The Morgan fingerprint density at radius 3 is 2.50 bits per heavy atom. The highest BCUT2D eigenvalue weighted by Crippen LogP contribution is 2.46. The molecule has 5 nitrogen and oxygen atoms in total. The number of nitrogens with two attached hydrogens (primary N) is 1. The number of hydrogen-bond donors (Lipinski definition) is 2. The summed E-state index contributed by atoms with van der Waals surface area (Å²) < 4.78 is 0. The molecule has 1 aromatic heterocycles. The number of hydrogen-bond acceptors (Lipinski definition) is 4. The number of aromatic amines is 1. The molecule has 3 aliphatic rings. The van der Waals surface area contributed by atoms with Crippen molar-refractivity contribution in [3.63, 3.8) is 0 Å². The molecule has 0 unspecified atom stereocenters. The molecule has 2 aliphatic carbocycles. The van der Waals surface area contributed by atoms with E-state index in [0.29, 0.717) is 5.69 Å². The fraction of sp³-hybridized carbons (Fsp3) is 0.414. The zero-order valence-corrected chi connectivity index (χ0v) is 20.5. The molecule has 176 valence electrons. The Morgan fingerprint density at radius 2 is 1.85 bits per heavy atom. The fourth-order valence-electron chi connectivity index (χ4n) is 6.17. The van der Waals surface area contributed by atoms with E-state index in [2.05, 4.69) is 47.3 Å². The second kappa shape index (κ2) is 7.47. The van der Waals surface area contributed by atoms with Gasteiger partial charge in [0.1, 0.15) is 0 Å². The van der Waals surface area contributed by atoms with Gasteiger partial charge in [-0.05, 0) is 55.2 Å². The molecule has 0 radical (unpaired) electrons. The number of carbonyl (C=O) groups excluding carboxylic acids is 1. The molecule has 2 fully saturated rings. The summed E-state index contributed by atoms with van der Waals surface area (Å²) in [4.78, 5) is 22.6. The first-order valence-electron chi connectivity index (χ1n) is 12.6. The number of ketones is 1. The summed E-state index contributed by atoms with van der Waals surface area (Å²) >= 11 is 0. The molecule has 0 spiro atoms. The topological polar surface area (TPSA) is 65.4 Å². The number of anilines is 2. The van der Waals surface area contributed by atoms with Gasteiger partial charge in [0, 0.05) is 76.7 Å². The minimum Gasteiger partial charge on any atom is -0.399 e. The molecular weight excluding hydrogens is 420 g/mol. The molecule has 0 bridgehead atoms. The monoisotopic (exact) mass is 454 g/mol. The van der Waals surface area contributed by atoms with Crippen LogP contribution in [-0.2, 0) is 5.41 Å². The number of nitrogens with zero attached hydrogens (tertiary/aromatic N) is 2. The molecule has 3 N–H and O–H groups in total. The number of allylic oxidation sites excluding steroid dienone is 1. The predicted octanol–water partition coefficient (Wildman–Crippen LogP) is 5.33. The van der Waals surface area contributed by atoms with Crippen LogP contribution < -0.4 is 10.6 Å². The van der Waals surface area contributed by atoms with Crippen LogP contribution in [0, 0.1) is 0 Å². The highest BCUT2D eigenvalue weighted by Gasteiger charge is 2.41. The molecule has 3 aromatic rings. The Morgan fingerprint density at radius 1 is 1.12 bits per heavy atom. The molecule has 1 saturated heterocycles. The smallest absolute Gasteiger partial charge is 0.195 e. The van der Waals surface area contributed by atoms with Gasteiger partial charge in [-0.25, -0.2) is 0 Å². The van der Waals surface area contributed by atoms with Crippen molar-refractivity contribution < 1.29 is 4.79 Å². The van der Waals surface area contributed by atoms with Crippen LogP contribution in [0.25, 0.3) is 16.5 Å². The lowest BCUT2D eigenvalue weighted by Gasteiger charge is -2.44. The summed E-state index contributed by atoms with van der Waals surface area (Å²) in [6.45, 7) is 15.0. The molecule has 2 aromatic carbocycles. The summed E-state index contributed by atoms with van der Waals surface area (Å²) in [5.74, 6) is 0.0872. The SMILES string of the molecule is C=C(C)c1cc2c(cc1N1CCN(C3CCC3)CC1)C(C)(C)c1[nH]c3cc(N)ccc3c1C2=O. The van der Waals surface area contributed by atoms with Crippen molar-refractivity contribution in [1.82, 2.24) is 9.88 Å². The number of carbonyl (C=O) groups is 1. The first-order valence-corrected chi connectivity index (χ1v) is 12.6. The second-order valence-electron chi connectivity index (χ2n) is 10.9. The predicted molar refractivity (Wildman–Crippen MR) is 141 cm³/mol. The third-order valence-corrected chi connectivity index (χ3v) is 8.43. The van der Waals surface area contributed by atoms with Crippen LogP contribution in [-0.4, -0.2) is 47.9 Å². The van der Waals surface area contributed by atoms with E-state index < -0.39 is 0 Å². The van der Waals surface area contributed by atoms with Gasteiger partial charge in [-0.15, -0.1) is 0 Å². The molecule has 1 saturated carbocycles. The first-order chi connectivity index (χ1) is 16.3. The number of aromatic nitrogens is 1. The zero-order valence-electron chi connectivity index (χ0n) is 20.5. The summed E-state index contributed by atoms with van der Waals surface area (Å²) in [5, 5.41) is 0.945. The Hall–Kier alpha value is -3.05. The maximum absolute atomic E-state index is 13.9. The quantitative estimate of drug-likeness (QED) is 0.525. The molecule has 0 atom stereocenters. The van der Waals surface area contributed by atoms with E-state index in [4.69, 9.17) is 5.73 Å². The third kappa shape index (κ3) is 3.06. The van der Waals surface area contributed by atoms with Crippen LogP contribution in [0.15, 0.2) is 36.9 Å². The van der Waals surface area contributed by atoms with E-state index in [1.807, 2.05) is 25.1 Å². The fourth-order valence-corrected chi connectivity index (χ4v) is 6.17. The number of H-pyrrole nitrogens is 1. The van der Waals surface area contributed by atoms with Crippen LogP contribution in [0.5, 0.6) is 0 Å².